The molecular formula is C15H16N2S. The van der Waals surface area contributed by atoms with E-state index in [0.29, 0.717) is 5.11 Å². The van der Waals surface area contributed by atoms with Crippen LogP contribution in [-0.4, -0.2) is 12.2 Å². The number of para-hydroxylation sites is 1. The molecule has 2 aromatic carbocycles. The number of nitrogens with zero attached hydrogens (tertiary/aromatic N) is 1. The SMILES string of the molecule is Cc1ccc(NC(=S)N(C)c2ccccc2)cc1. The average Bonchev–Trinajstić information content (AvgIpc) is 2.41. The molecule has 0 aliphatic heterocycles. The maximum atomic E-state index is 5.39. The van der Waals surface area contributed by atoms with Gasteiger partial charge in [-0.1, -0.05) is 35.9 Å². The van der Waals surface area contributed by atoms with Crippen molar-refractivity contribution >= 4 is 28.7 Å². The zero-order valence-electron chi connectivity index (χ0n) is 10.6. The van der Waals surface area contributed by atoms with Crippen molar-refractivity contribution in [1.82, 2.24) is 0 Å². The fraction of sp³-hybridized carbons (Fsp3) is 0.133. The number of nitrogens with one attached hydrogen (secondary N) is 1. The Labute approximate surface area is 113 Å². The fourth-order valence-electron chi connectivity index (χ4n) is 1.61. The lowest BCUT2D eigenvalue weighted by molar-refractivity contribution is 1.28. The van der Waals surface area contributed by atoms with Crippen molar-refractivity contribution in [2.24, 2.45) is 0 Å². The summed E-state index contributed by atoms with van der Waals surface area (Å²) < 4.78 is 0. The van der Waals surface area contributed by atoms with E-state index in [0.717, 1.165) is 11.4 Å². The zero-order chi connectivity index (χ0) is 13.0. The van der Waals surface area contributed by atoms with Crippen LogP contribution < -0.4 is 10.2 Å². The van der Waals surface area contributed by atoms with E-state index in [2.05, 4.69) is 24.4 Å². The van der Waals surface area contributed by atoms with E-state index in [9.17, 15) is 0 Å². The topological polar surface area (TPSA) is 15.3 Å². The normalized spacial score (nSPS) is 9.89. The van der Waals surface area contributed by atoms with Gasteiger partial charge in [0.25, 0.3) is 0 Å². The van der Waals surface area contributed by atoms with Gasteiger partial charge in [0.05, 0.1) is 0 Å². The van der Waals surface area contributed by atoms with Crippen LogP contribution in [0.2, 0.25) is 0 Å². The molecule has 0 heterocycles. The fourth-order valence-corrected chi connectivity index (χ4v) is 1.84. The van der Waals surface area contributed by atoms with Gasteiger partial charge in [-0.25, -0.2) is 0 Å². The molecule has 92 valence electrons. The van der Waals surface area contributed by atoms with Crippen LogP contribution in [0.15, 0.2) is 54.6 Å². The first-order valence-electron chi connectivity index (χ1n) is 5.83. The largest absolute Gasteiger partial charge is 0.332 e. The van der Waals surface area contributed by atoms with Crippen LogP contribution in [0, 0.1) is 6.92 Å². The van der Waals surface area contributed by atoms with E-state index in [1.165, 1.54) is 5.56 Å². The van der Waals surface area contributed by atoms with Crippen molar-refractivity contribution < 1.29 is 0 Å². The highest BCUT2D eigenvalue weighted by molar-refractivity contribution is 7.80. The van der Waals surface area contributed by atoms with Crippen LogP contribution in [0.4, 0.5) is 11.4 Å². The maximum absolute atomic E-state index is 5.39. The van der Waals surface area contributed by atoms with E-state index in [1.54, 1.807) is 0 Å². The Balaban J connectivity index is 2.06. The van der Waals surface area contributed by atoms with Crippen molar-refractivity contribution in [3.05, 3.63) is 60.2 Å². The van der Waals surface area contributed by atoms with Gasteiger partial charge in [0.15, 0.2) is 5.11 Å². The second-order valence-corrected chi connectivity index (χ2v) is 4.58. The highest BCUT2D eigenvalue weighted by Crippen LogP contribution is 2.14. The van der Waals surface area contributed by atoms with Gasteiger partial charge in [-0.3, -0.25) is 0 Å². The second-order valence-electron chi connectivity index (χ2n) is 4.19. The maximum Gasteiger partial charge on any atom is 0.177 e. The first-order valence-corrected chi connectivity index (χ1v) is 6.24. The molecule has 18 heavy (non-hydrogen) atoms. The molecule has 1 N–H and O–H groups in total. The molecule has 0 saturated carbocycles. The van der Waals surface area contributed by atoms with Gasteiger partial charge in [0.1, 0.15) is 0 Å². The molecule has 2 nitrogen and oxygen atoms in total. The Kier molecular flexibility index (Phi) is 3.95. The lowest BCUT2D eigenvalue weighted by Crippen LogP contribution is -2.30. The summed E-state index contributed by atoms with van der Waals surface area (Å²) in [6.07, 6.45) is 0. The summed E-state index contributed by atoms with van der Waals surface area (Å²) in [6.45, 7) is 2.07. The Bertz CT molecular complexity index is 520. The standard InChI is InChI=1S/C15H16N2S/c1-12-8-10-13(11-9-12)16-15(18)17(2)14-6-4-3-5-7-14/h3-11H,1-2H3,(H,16,18). The van der Waals surface area contributed by atoms with Gasteiger partial charge < -0.3 is 10.2 Å². The van der Waals surface area contributed by atoms with Crippen molar-refractivity contribution in [3.8, 4) is 0 Å². The number of thiocarbonyl (C=S) groups is 1. The quantitative estimate of drug-likeness (QED) is 0.822. The third kappa shape index (κ3) is 3.08. The van der Waals surface area contributed by atoms with Gasteiger partial charge in [0, 0.05) is 18.4 Å². The summed E-state index contributed by atoms with van der Waals surface area (Å²) >= 11 is 5.39. The Morgan fingerprint density at radius 2 is 1.61 bits per heavy atom. The molecule has 0 bridgehead atoms. The summed E-state index contributed by atoms with van der Waals surface area (Å²) in [5.74, 6) is 0. The molecule has 0 atom stereocenters. The van der Waals surface area contributed by atoms with Gasteiger partial charge in [-0.2, -0.15) is 0 Å². The smallest absolute Gasteiger partial charge is 0.177 e. The predicted octanol–water partition coefficient (Wildman–Crippen LogP) is 3.83. The molecule has 0 aliphatic rings. The van der Waals surface area contributed by atoms with Crippen LogP contribution in [0.25, 0.3) is 0 Å². The van der Waals surface area contributed by atoms with Crippen LogP contribution in [0.5, 0.6) is 0 Å². The molecule has 0 radical (unpaired) electrons. The van der Waals surface area contributed by atoms with Crippen LogP contribution in [0.1, 0.15) is 5.56 Å². The molecule has 3 heteroatoms. The molecule has 0 amide bonds. The minimum absolute atomic E-state index is 0.685. The van der Waals surface area contributed by atoms with Gasteiger partial charge >= 0.3 is 0 Å². The molecular weight excluding hydrogens is 240 g/mol. The lowest BCUT2D eigenvalue weighted by Gasteiger charge is -2.21. The summed E-state index contributed by atoms with van der Waals surface area (Å²) in [7, 11) is 1.96. The lowest BCUT2D eigenvalue weighted by atomic mass is 10.2. The number of hydrogen-bond donors (Lipinski definition) is 1. The van der Waals surface area contributed by atoms with Gasteiger partial charge in [-0.05, 0) is 43.4 Å². The van der Waals surface area contributed by atoms with Crippen molar-refractivity contribution in [2.45, 2.75) is 6.92 Å². The van der Waals surface area contributed by atoms with Crippen molar-refractivity contribution in [3.63, 3.8) is 0 Å². The first kappa shape index (κ1) is 12.6. The third-order valence-corrected chi connectivity index (χ3v) is 3.13. The van der Waals surface area contributed by atoms with E-state index < -0.39 is 0 Å². The molecule has 0 unspecified atom stereocenters. The van der Waals surface area contributed by atoms with E-state index in [1.807, 2.05) is 54.4 Å². The van der Waals surface area contributed by atoms with Gasteiger partial charge in [0.2, 0.25) is 0 Å². The van der Waals surface area contributed by atoms with Crippen LogP contribution in [0.3, 0.4) is 0 Å². The van der Waals surface area contributed by atoms with Crippen molar-refractivity contribution in [2.75, 3.05) is 17.3 Å². The minimum Gasteiger partial charge on any atom is -0.332 e. The summed E-state index contributed by atoms with van der Waals surface area (Å²) in [4.78, 5) is 1.95. The van der Waals surface area contributed by atoms with E-state index >= 15 is 0 Å². The Morgan fingerprint density at radius 3 is 2.22 bits per heavy atom. The summed E-state index contributed by atoms with van der Waals surface area (Å²) in [6, 6.07) is 18.2. The molecule has 0 fully saturated rings. The van der Waals surface area contributed by atoms with E-state index in [4.69, 9.17) is 12.2 Å². The number of anilines is 2. The van der Waals surface area contributed by atoms with E-state index in [-0.39, 0.29) is 0 Å². The first-order chi connectivity index (χ1) is 8.66. The van der Waals surface area contributed by atoms with Gasteiger partial charge in [-0.15, -0.1) is 0 Å². The number of benzene rings is 2. The average molecular weight is 256 g/mol. The van der Waals surface area contributed by atoms with Crippen molar-refractivity contribution in [1.29, 1.82) is 0 Å². The van der Waals surface area contributed by atoms with Crippen LogP contribution in [-0.2, 0) is 0 Å². The molecule has 0 spiro atoms. The number of rotatable bonds is 2. The molecule has 0 aromatic heterocycles. The molecule has 0 aliphatic carbocycles. The second kappa shape index (κ2) is 5.65. The molecule has 2 aromatic rings. The monoisotopic (exact) mass is 256 g/mol. The predicted molar refractivity (Wildman–Crippen MR) is 82.2 cm³/mol. The Morgan fingerprint density at radius 1 is 1.00 bits per heavy atom. The number of aryl methyl sites for hydroxylation is 1. The number of hydrogen-bond acceptors (Lipinski definition) is 1. The van der Waals surface area contributed by atoms with Crippen LogP contribution >= 0.6 is 12.2 Å². The molecule has 0 saturated heterocycles. The molecule has 2 rings (SSSR count). The zero-order valence-corrected chi connectivity index (χ0v) is 11.4. The summed E-state index contributed by atoms with van der Waals surface area (Å²) in [5.41, 5.74) is 3.32. The summed E-state index contributed by atoms with van der Waals surface area (Å²) in [5, 5.41) is 3.91. The highest BCUT2D eigenvalue weighted by atomic mass is 32.1. The Hall–Kier alpha value is -1.87. The third-order valence-electron chi connectivity index (χ3n) is 2.75. The highest BCUT2D eigenvalue weighted by Gasteiger charge is 2.06. The minimum atomic E-state index is 0.685.